The summed E-state index contributed by atoms with van der Waals surface area (Å²) in [5.74, 6) is 0.480. The molecule has 1 aromatic heterocycles. The summed E-state index contributed by atoms with van der Waals surface area (Å²) in [6.07, 6.45) is 0.817. The molecule has 0 saturated heterocycles. The molecule has 7 heteroatoms. The van der Waals surface area contributed by atoms with Gasteiger partial charge in [0.2, 0.25) is 0 Å². The molecular weight excluding hydrogens is 406 g/mol. The van der Waals surface area contributed by atoms with E-state index in [1.165, 1.54) is 6.20 Å². The summed E-state index contributed by atoms with van der Waals surface area (Å²) in [6, 6.07) is 21.1. The van der Waals surface area contributed by atoms with Gasteiger partial charge < -0.3 is 20.3 Å². The number of benzene rings is 2. The molecule has 1 unspecified atom stereocenters. The number of ether oxygens (including phenoxy) is 2. The Kier molecular flexibility index (Phi) is 8.60. The maximum absolute atomic E-state index is 11.5. The molecule has 0 aliphatic heterocycles. The van der Waals surface area contributed by atoms with Crippen molar-refractivity contribution >= 4 is 5.91 Å². The number of carbonyl (C=O) groups is 1. The minimum Gasteiger partial charge on any atom is -0.491 e. The highest BCUT2D eigenvalue weighted by Gasteiger charge is 2.15. The van der Waals surface area contributed by atoms with Gasteiger partial charge in [-0.1, -0.05) is 48.5 Å². The smallest absolute Gasteiger partial charge is 0.271 e. The number of hydrogen-bond acceptors (Lipinski definition) is 6. The molecular formula is C25H29N3O4. The number of aliphatic hydroxyl groups excluding tert-OH is 1. The maximum atomic E-state index is 11.5. The molecule has 7 nitrogen and oxygen atoms in total. The van der Waals surface area contributed by atoms with E-state index in [4.69, 9.17) is 15.2 Å². The van der Waals surface area contributed by atoms with Crippen LogP contribution in [0.25, 0.3) is 0 Å². The number of pyridine rings is 1. The highest BCUT2D eigenvalue weighted by molar-refractivity contribution is 5.93. The first-order valence-corrected chi connectivity index (χ1v) is 10.5. The Bertz CT molecular complexity index is 997. The molecule has 1 heterocycles. The maximum Gasteiger partial charge on any atom is 0.271 e. The minimum absolute atomic E-state index is 0.105. The summed E-state index contributed by atoms with van der Waals surface area (Å²) in [5, 5.41) is 10.6. The number of nitrogens with two attached hydrogens (primary N) is 1. The molecule has 3 N–H and O–H groups in total. The lowest BCUT2D eigenvalue weighted by atomic mass is 10.2. The Morgan fingerprint density at radius 2 is 1.75 bits per heavy atom. The zero-order valence-electron chi connectivity index (χ0n) is 18.2. The molecule has 0 saturated carbocycles. The van der Waals surface area contributed by atoms with Crippen LogP contribution in [0.3, 0.4) is 0 Å². The Hall–Kier alpha value is -3.42. The van der Waals surface area contributed by atoms with Crippen LogP contribution in [0.2, 0.25) is 0 Å². The van der Waals surface area contributed by atoms with E-state index in [2.05, 4.69) is 9.88 Å². The average molecular weight is 436 g/mol. The predicted octanol–water partition coefficient (Wildman–Crippen LogP) is 2.81. The van der Waals surface area contributed by atoms with Gasteiger partial charge in [0.15, 0.2) is 11.4 Å². The zero-order valence-corrected chi connectivity index (χ0v) is 18.2. The van der Waals surface area contributed by atoms with E-state index in [0.29, 0.717) is 32.0 Å². The van der Waals surface area contributed by atoms with Crippen molar-refractivity contribution in [2.24, 2.45) is 5.73 Å². The number of primary amides is 1. The van der Waals surface area contributed by atoms with Crippen molar-refractivity contribution in [2.45, 2.75) is 19.6 Å². The molecule has 0 fully saturated rings. The van der Waals surface area contributed by atoms with Crippen LogP contribution in [0.5, 0.6) is 11.5 Å². The van der Waals surface area contributed by atoms with E-state index in [1.54, 1.807) is 12.1 Å². The van der Waals surface area contributed by atoms with E-state index in [0.717, 1.165) is 16.9 Å². The number of hydrogen-bond donors (Lipinski definition) is 2. The summed E-state index contributed by atoms with van der Waals surface area (Å²) in [5.41, 5.74) is 7.62. The van der Waals surface area contributed by atoms with Crippen molar-refractivity contribution < 1.29 is 19.4 Å². The molecule has 168 valence electrons. The summed E-state index contributed by atoms with van der Waals surface area (Å²) in [4.78, 5) is 17.6. The van der Waals surface area contributed by atoms with Crippen LogP contribution < -0.4 is 15.2 Å². The average Bonchev–Trinajstić information content (AvgIpc) is 2.79. The monoisotopic (exact) mass is 435 g/mol. The molecule has 0 bridgehead atoms. The van der Waals surface area contributed by atoms with Crippen molar-refractivity contribution in [1.29, 1.82) is 0 Å². The van der Waals surface area contributed by atoms with Crippen LogP contribution in [0, 0.1) is 6.92 Å². The highest BCUT2D eigenvalue weighted by Crippen LogP contribution is 2.17. The van der Waals surface area contributed by atoms with Gasteiger partial charge in [0.1, 0.15) is 25.1 Å². The van der Waals surface area contributed by atoms with Crippen molar-refractivity contribution in [3.8, 4) is 11.5 Å². The number of aliphatic hydroxyl groups is 1. The van der Waals surface area contributed by atoms with Gasteiger partial charge in [-0.05, 0) is 36.2 Å². The van der Waals surface area contributed by atoms with Gasteiger partial charge in [-0.3, -0.25) is 9.69 Å². The minimum atomic E-state index is -0.683. The van der Waals surface area contributed by atoms with E-state index in [9.17, 15) is 9.90 Å². The Balaban J connectivity index is 1.59. The van der Waals surface area contributed by atoms with Crippen LogP contribution in [0.15, 0.2) is 72.9 Å². The molecule has 3 rings (SSSR count). The quantitative estimate of drug-likeness (QED) is 0.454. The van der Waals surface area contributed by atoms with Gasteiger partial charge in [0.05, 0.1) is 0 Å². The summed E-state index contributed by atoms with van der Waals surface area (Å²) >= 11 is 0. The predicted molar refractivity (Wildman–Crippen MR) is 123 cm³/mol. The fourth-order valence-electron chi connectivity index (χ4n) is 3.31. The third kappa shape index (κ3) is 7.08. The van der Waals surface area contributed by atoms with E-state index in [-0.39, 0.29) is 12.3 Å². The lowest BCUT2D eigenvalue weighted by Gasteiger charge is -2.25. The molecule has 1 amide bonds. The lowest BCUT2D eigenvalue weighted by Crippen LogP contribution is -2.37. The number of nitrogens with zero attached hydrogens (tertiary/aromatic N) is 2. The van der Waals surface area contributed by atoms with Crippen molar-refractivity contribution in [2.75, 3.05) is 26.3 Å². The highest BCUT2D eigenvalue weighted by atomic mass is 16.5. The summed E-state index contributed by atoms with van der Waals surface area (Å²) < 4.78 is 11.6. The number of amides is 1. The Morgan fingerprint density at radius 3 is 2.50 bits per heavy atom. The second-order valence-corrected chi connectivity index (χ2v) is 7.51. The topological polar surface area (TPSA) is 97.9 Å². The van der Waals surface area contributed by atoms with Gasteiger partial charge >= 0.3 is 0 Å². The van der Waals surface area contributed by atoms with Gasteiger partial charge in [-0.25, -0.2) is 4.98 Å². The van der Waals surface area contributed by atoms with Crippen molar-refractivity contribution in [3.63, 3.8) is 0 Å². The second kappa shape index (κ2) is 11.8. The van der Waals surface area contributed by atoms with Gasteiger partial charge in [0.25, 0.3) is 5.91 Å². The molecule has 32 heavy (non-hydrogen) atoms. The molecule has 0 radical (unpaired) electrons. The first-order chi connectivity index (χ1) is 15.5. The Morgan fingerprint density at radius 1 is 1.03 bits per heavy atom. The molecule has 3 aromatic rings. The van der Waals surface area contributed by atoms with Gasteiger partial charge in [0, 0.05) is 25.8 Å². The SMILES string of the molecule is Cc1ccccc1OCC(O)CN(CCOc1cccnc1C(N)=O)Cc1ccccc1. The Labute approximate surface area is 188 Å². The zero-order chi connectivity index (χ0) is 22.8. The standard InChI is InChI=1S/C25H29N3O4/c1-19-8-5-6-11-22(19)32-18-21(29)17-28(16-20-9-3-2-4-10-20)14-15-31-23-12-7-13-27-24(23)25(26)30/h2-13,21,29H,14-18H2,1H3,(H2,26,30). The van der Waals surface area contributed by atoms with Crippen LogP contribution in [0.1, 0.15) is 21.6 Å². The van der Waals surface area contributed by atoms with Crippen LogP contribution in [0.4, 0.5) is 0 Å². The van der Waals surface area contributed by atoms with Crippen LogP contribution in [-0.2, 0) is 6.54 Å². The fourth-order valence-corrected chi connectivity index (χ4v) is 3.31. The number of rotatable bonds is 12. The normalized spacial score (nSPS) is 11.8. The van der Waals surface area contributed by atoms with E-state index in [1.807, 2.05) is 61.5 Å². The van der Waals surface area contributed by atoms with Crippen LogP contribution in [-0.4, -0.2) is 53.3 Å². The molecule has 0 aliphatic carbocycles. The van der Waals surface area contributed by atoms with Gasteiger partial charge in [-0.2, -0.15) is 0 Å². The van der Waals surface area contributed by atoms with Crippen LogP contribution >= 0.6 is 0 Å². The van der Waals surface area contributed by atoms with Gasteiger partial charge in [-0.15, -0.1) is 0 Å². The third-order valence-electron chi connectivity index (χ3n) is 4.91. The molecule has 0 spiro atoms. The number of para-hydroxylation sites is 1. The first-order valence-electron chi connectivity index (χ1n) is 10.5. The second-order valence-electron chi connectivity index (χ2n) is 7.51. The number of carbonyl (C=O) groups excluding carboxylic acids is 1. The third-order valence-corrected chi connectivity index (χ3v) is 4.91. The molecule has 1 atom stereocenters. The molecule has 0 aliphatic rings. The van der Waals surface area contributed by atoms with E-state index < -0.39 is 12.0 Å². The largest absolute Gasteiger partial charge is 0.491 e. The van der Waals surface area contributed by atoms with E-state index >= 15 is 0 Å². The van der Waals surface area contributed by atoms with Crippen molar-refractivity contribution in [3.05, 3.63) is 89.7 Å². The number of aryl methyl sites for hydroxylation is 1. The fraction of sp³-hybridized carbons (Fsp3) is 0.280. The summed E-state index contributed by atoms with van der Waals surface area (Å²) in [7, 11) is 0. The first kappa shape index (κ1) is 23.2. The lowest BCUT2D eigenvalue weighted by molar-refractivity contribution is 0.0602. The molecule has 2 aromatic carbocycles. The number of aromatic nitrogens is 1. The summed E-state index contributed by atoms with van der Waals surface area (Å²) in [6.45, 7) is 4.04. The van der Waals surface area contributed by atoms with Crippen molar-refractivity contribution in [1.82, 2.24) is 9.88 Å².